The Bertz CT molecular complexity index is 827. The van der Waals surface area contributed by atoms with Crippen molar-refractivity contribution in [3.05, 3.63) is 64.2 Å². The second-order valence-corrected chi connectivity index (χ2v) is 6.61. The highest BCUT2D eigenvalue weighted by molar-refractivity contribution is 6.08. The van der Waals surface area contributed by atoms with Gasteiger partial charge in [0.15, 0.2) is 0 Å². The normalized spacial score (nSPS) is 12.8. The standard InChI is InChI=1S/C21H24N2O2/c1-4-9-22-20(24)17-6-5-7-18(13-17)21(25)23-10-8-16-11-14(2)15(3)12-19(16)23/h5-7,11-13H,4,8-10H2,1-3H3,(H,22,24). The Kier molecular flexibility index (Phi) is 4.88. The Balaban J connectivity index is 1.86. The molecule has 130 valence electrons. The fourth-order valence-corrected chi connectivity index (χ4v) is 3.17. The number of hydrogen-bond donors (Lipinski definition) is 1. The molecule has 1 aliphatic rings. The van der Waals surface area contributed by atoms with Gasteiger partial charge in [-0.2, -0.15) is 0 Å². The molecule has 25 heavy (non-hydrogen) atoms. The van der Waals surface area contributed by atoms with E-state index in [1.165, 1.54) is 16.7 Å². The minimum atomic E-state index is -0.134. The molecule has 4 nitrogen and oxygen atoms in total. The van der Waals surface area contributed by atoms with Crippen molar-refractivity contribution in [2.24, 2.45) is 0 Å². The first kappa shape index (κ1) is 17.2. The van der Waals surface area contributed by atoms with E-state index in [1.54, 1.807) is 24.3 Å². The summed E-state index contributed by atoms with van der Waals surface area (Å²) < 4.78 is 0. The molecular weight excluding hydrogens is 312 g/mol. The molecule has 0 saturated carbocycles. The molecule has 0 bridgehead atoms. The maximum Gasteiger partial charge on any atom is 0.258 e. The van der Waals surface area contributed by atoms with Crippen LogP contribution in [0.25, 0.3) is 0 Å². The van der Waals surface area contributed by atoms with Crippen molar-refractivity contribution < 1.29 is 9.59 Å². The van der Waals surface area contributed by atoms with Gasteiger partial charge in [-0.15, -0.1) is 0 Å². The van der Waals surface area contributed by atoms with Crippen LogP contribution in [0, 0.1) is 13.8 Å². The first-order valence-electron chi connectivity index (χ1n) is 8.81. The lowest BCUT2D eigenvalue weighted by atomic mass is 10.0. The number of fused-ring (bicyclic) bond motifs is 1. The van der Waals surface area contributed by atoms with Crippen LogP contribution < -0.4 is 10.2 Å². The quantitative estimate of drug-likeness (QED) is 0.926. The van der Waals surface area contributed by atoms with Crippen LogP contribution in [0.3, 0.4) is 0 Å². The summed E-state index contributed by atoms with van der Waals surface area (Å²) in [6.45, 7) is 7.49. The number of hydrogen-bond acceptors (Lipinski definition) is 2. The second kappa shape index (κ2) is 7.09. The summed E-state index contributed by atoms with van der Waals surface area (Å²) in [7, 11) is 0. The number of benzene rings is 2. The first-order valence-corrected chi connectivity index (χ1v) is 8.81. The van der Waals surface area contributed by atoms with Crippen molar-refractivity contribution >= 4 is 17.5 Å². The van der Waals surface area contributed by atoms with Crippen molar-refractivity contribution in [3.8, 4) is 0 Å². The molecule has 2 aromatic rings. The van der Waals surface area contributed by atoms with E-state index in [1.807, 2.05) is 11.8 Å². The van der Waals surface area contributed by atoms with Crippen molar-refractivity contribution in [1.82, 2.24) is 5.32 Å². The summed E-state index contributed by atoms with van der Waals surface area (Å²) in [5, 5.41) is 2.85. The number of carbonyl (C=O) groups excluding carboxylic acids is 2. The molecule has 1 aliphatic heterocycles. The Labute approximate surface area is 148 Å². The van der Waals surface area contributed by atoms with Gasteiger partial charge >= 0.3 is 0 Å². The van der Waals surface area contributed by atoms with Crippen LogP contribution in [0.4, 0.5) is 5.69 Å². The lowest BCUT2D eigenvalue weighted by Gasteiger charge is -2.19. The van der Waals surface area contributed by atoms with Crippen LogP contribution >= 0.6 is 0 Å². The van der Waals surface area contributed by atoms with E-state index in [-0.39, 0.29) is 11.8 Å². The zero-order valence-electron chi connectivity index (χ0n) is 15.1. The molecular formula is C21H24N2O2. The zero-order valence-corrected chi connectivity index (χ0v) is 15.1. The van der Waals surface area contributed by atoms with Crippen molar-refractivity contribution in [2.45, 2.75) is 33.6 Å². The van der Waals surface area contributed by atoms with Gasteiger partial charge in [0.25, 0.3) is 11.8 Å². The summed E-state index contributed by atoms with van der Waals surface area (Å²) in [6, 6.07) is 11.2. The van der Waals surface area contributed by atoms with E-state index >= 15 is 0 Å². The van der Waals surface area contributed by atoms with E-state index in [4.69, 9.17) is 0 Å². The third-order valence-corrected chi connectivity index (χ3v) is 4.74. The molecule has 1 heterocycles. The van der Waals surface area contributed by atoms with E-state index in [9.17, 15) is 9.59 Å². The summed E-state index contributed by atoms with van der Waals surface area (Å²) in [6.07, 6.45) is 1.76. The van der Waals surface area contributed by atoms with Gasteiger partial charge in [0.2, 0.25) is 0 Å². The largest absolute Gasteiger partial charge is 0.352 e. The number of nitrogens with one attached hydrogen (secondary N) is 1. The minimum absolute atomic E-state index is 0.0489. The third kappa shape index (κ3) is 3.43. The molecule has 2 aromatic carbocycles. The van der Waals surface area contributed by atoms with Gasteiger partial charge in [-0.25, -0.2) is 0 Å². The second-order valence-electron chi connectivity index (χ2n) is 6.61. The number of nitrogens with zero attached hydrogens (tertiary/aromatic N) is 1. The number of aryl methyl sites for hydroxylation is 2. The van der Waals surface area contributed by atoms with Crippen molar-refractivity contribution in [3.63, 3.8) is 0 Å². The molecule has 3 rings (SSSR count). The number of rotatable bonds is 4. The predicted molar refractivity (Wildman–Crippen MR) is 100 cm³/mol. The monoisotopic (exact) mass is 336 g/mol. The zero-order chi connectivity index (χ0) is 18.0. The minimum Gasteiger partial charge on any atom is -0.352 e. The van der Waals surface area contributed by atoms with Gasteiger partial charge in [-0.1, -0.05) is 19.1 Å². The fourth-order valence-electron chi connectivity index (χ4n) is 3.17. The van der Waals surface area contributed by atoms with Crippen LogP contribution in [0.2, 0.25) is 0 Å². The van der Waals surface area contributed by atoms with Gasteiger partial charge < -0.3 is 10.2 Å². The van der Waals surface area contributed by atoms with E-state index in [0.717, 1.165) is 18.5 Å². The van der Waals surface area contributed by atoms with Gasteiger partial charge in [0.05, 0.1) is 0 Å². The van der Waals surface area contributed by atoms with Crippen molar-refractivity contribution in [2.75, 3.05) is 18.0 Å². The fraction of sp³-hybridized carbons (Fsp3) is 0.333. The Morgan fingerprint density at radius 3 is 2.56 bits per heavy atom. The summed E-state index contributed by atoms with van der Waals surface area (Å²) in [5.41, 5.74) is 5.73. The SMILES string of the molecule is CCCNC(=O)c1cccc(C(=O)N2CCc3cc(C)c(C)cc32)c1. The highest BCUT2D eigenvalue weighted by Gasteiger charge is 2.26. The lowest BCUT2D eigenvalue weighted by Crippen LogP contribution is -2.29. The van der Waals surface area contributed by atoms with E-state index in [0.29, 0.717) is 24.2 Å². The Morgan fingerprint density at radius 1 is 1.08 bits per heavy atom. The van der Waals surface area contributed by atoms with Gasteiger partial charge in [0.1, 0.15) is 0 Å². The molecule has 0 atom stereocenters. The summed E-state index contributed by atoms with van der Waals surface area (Å²) >= 11 is 0. The maximum absolute atomic E-state index is 13.0. The van der Waals surface area contributed by atoms with Crippen LogP contribution in [0.5, 0.6) is 0 Å². The highest BCUT2D eigenvalue weighted by atomic mass is 16.2. The molecule has 0 radical (unpaired) electrons. The molecule has 0 unspecified atom stereocenters. The van der Waals surface area contributed by atoms with Gasteiger partial charge in [-0.3, -0.25) is 9.59 Å². The first-order chi connectivity index (χ1) is 12.0. The topological polar surface area (TPSA) is 49.4 Å². The molecule has 0 saturated heterocycles. The molecule has 4 heteroatoms. The summed E-state index contributed by atoms with van der Waals surface area (Å²) in [4.78, 5) is 27.0. The molecule has 0 aromatic heterocycles. The lowest BCUT2D eigenvalue weighted by molar-refractivity contribution is 0.0953. The van der Waals surface area contributed by atoms with E-state index in [2.05, 4.69) is 31.3 Å². The van der Waals surface area contributed by atoms with Gasteiger partial charge in [-0.05, 0) is 67.6 Å². The van der Waals surface area contributed by atoms with Crippen LogP contribution in [0.15, 0.2) is 36.4 Å². The highest BCUT2D eigenvalue weighted by Crippen LogP contribution is 2.32. The average Bonchev–Trinajstić information content (AvgIpc) is 3.02. The van der Waals surface area contributed by atoms with Gasteiger partial charge in [0, 0.05) is 29.9 Å². The molecule has 0 aliphatic carbocycles. The Hall–Kier alpha value is -2.62. The average molecular weight is 336 g/mol. The molecule has 1 N–H and O–H groups in total. The molecule has 0 fully saturated rings. The van der Waals surface area contributed by atoms with E-state index < -0.39 is 0 Å². The smallest absolute Gasteiger partial charge is 0.258 e. The van der Waals surface area contributed by atoms with Crippen LogP contribution in [-0.4, -0.2) is 24.9 Å². The summed E-state index contributed by atoms with van der Waals surface area (Å²) in [5.74, 6) is -0.183. The molecule has 2 amide bonds. The number of amides is 2. The van der Waals surface area contributed by atoms with Crippen molar-refractivity contribution in [1.29, 1.82) is 0 Å². The molecule has 0 spiro atoms. The predicted octanol–water partition coefficient (Wildman–Crippen LogP) is 3.65. The maximum atomic E-state index is 13.0. The van der Waals surface area contributed by atoms with Crippen LogP contribution in [-0.2, 0) is 6.42 Å². The number of anilines is 1. The van der Waals surface area contributed by atoms with Crippen LogP contribution in [0.1, 0.15) is 50.8 Å². The number of carbonyl (C=O) groups is 2. The third-order valence-electron chi connectivity index (χ3n) is 4.74. The Morgan fingerprint density at radius 2 is 1.80 bits per heavy atom.